The van der Waals surface area contributed by atoms with Crippen LogP contribution in [0.5, 0.6) is 23.0 Å². The molecule has 1 aromatic heterocycles. The maximum atomic E-state index is 5.82. The second-order valence-electron chi connectivity index (χ2n) is 7.63. The number of thiophene rings is 1. The summed E-state index contributed by atoms with van der Waals surface area (Å²) < 4.78 is 11.6. The summed E-state index contributed by atoms with van der Waals surface area (Å²) in [5.74, 6) is 3.19. The van der Waals surface area contributed by atoms with Crippen molar-refractivity contribution in [1.82, 2.24) is 0 Å². The van der Waals surface area contributed by atoms with Crippen LogP contribution in [0.2, 0.25) is 0 Å². The zero-order valence-corrected chi connectivity index (χ0v) is 23.4. The fraction of sp³-hybridized carbons (Fsp3) is 0. The van der Waals surface area contributed by atoms with E-state index in [0.29, 0.717) is 0 Å². The number of aliphatic imine (C=N–C) groups is 2. The first-order valence-corrected chi connectivity index (χ1v) is 15.3. The number of rotatable bonds is 8. The third-order valence-electron chi connectivity index (χ3n) is 4.96. The maximum absolute atomic E-state index is 5.82. The van der Waals surface area contributed by atoms with Crippen LogP contribution in [0.1, 0.15) is 9.75 Å². The van der Waals surface area contributed by atoms with E-state index in [2.05, 4.69) is 9.98 Å². The predicted molar refractivity (Wildman–Crippen MR) is 156 cm³/mol. The molecule has 1 heterocycles. The van der Waals surface area contributed by atoms with Crippen LogP contribution >= 0.6 is 31.5 Å². The van der Waals surface area contributed by atoms with E-state index < -0.39 is 0 Å². The summed E-state index contributed by atoms with van der Waals surface area (Å²) in [6.07, 6.45) is 3.73. The first-order chi connectivity index (χ1) is 18.7. The SMILES string of the molecule is C(=Nc1ccc(Oc2ccccc2)cc1)c1ccc(C=Nc2ccc(Oc3ccccc3)cc2)s1.[Cl][Fe][Cl]. The van der Waals surface area contributed by atoms with Gasteiger partial charge in [-0.15, -0.1) is 11.3 Å². The second kappa shape index (κ2) is 15.1. The van der Waals surface area contributed by atoms with Crippen LogP contribution in [0.25, 0.3) is 0 Å². The molecule has 0 spiro atoms. The third-order valence-corrected chi connectivity index (χ3v) is 5.91. The minimum absolute atomic E-state index is 0.194. The molecule has 0 saturated heterocycles. The molecule has 0 radical (unpaired) electrons. The molecule has 0 fully saturated rings. The van der Waals surface area contributed by atoms with Gasteiger partial charge in [-0.1, -0.05) is 36.4 Å². The molecule has 0 N–H and O–H groups in total. The number of benzene rings is 4. The Labute approximate surface area is 240 Å². The van der Waals surface area contributed by atoms with Gasteiger partial charge in [0.1, 0.15) is 23.0 Å². The van der Waals surface area contributed by atoms with Gasteiger partial charge in [-0.25, -0.2) is 0 Å². The van der Waals surface area contributed by atoms with Gasteiger partial charge in [-0.2, -0.15) is 0 Å². The molecule has 0 atom stereocenters. The molecule has 0 aliphatic heterocycles. The van der Waals surface area contributed by atoms with Gasteiger partial charge in [0, 0.05) is 22.2 Å². The van der Waals surface area contributed by atoms with E-state index in [1.165, 1.54) is 0 Å². The van der Waals surface area contributed by atoms with Crippen molar-refractivity contribution in [2.45, 2.75) is 0 Å². The van der Waals surface area contributed by atoms with E-state index in [4.69, 9.17) is 29.7 Å². The zero-order chi connectivity index (χ0) is 26.4. The average Bonchev–Trinajstić information content (AvgIpc) is 3.42. The molecule has 5 aromatic rings. The van der Waals surface area contributed by atoms with Crippen LogP contribution in [-0.2, 0) is 13.1 Å². The molecular formula is C30H22Cl2FeN2O2S. The normalized spacial score (nSPS) is 10.9. The van der Waals surface area contributed by atoms with E-state index in [0.717, 1.165) is 44.1 Å². The number of hydrogen-bond acceptors (Lipinski definition) is 5. The van der Waals surface area contributed by atoms with Crippen molar-refractivity contribution < 1.29 is 22.6 Å². The topological polar surface area (TPSA) is 43.2 Å². The van der Waals surface area contributed by atoms with Crippen LogP contribution in [0.15, 0.2) is 131 Å². The number of nitrogens with zero attached hydrogens (tertiary/aromatic N) is 2. The van der Waals surface area contributed by atoms with Gasteiger partial charge < -0.3 is 9.47 Å². The number of ether oxygens (including phenoxy) is 2. The van der Waals surface area contributed by atoms with Crippen molar-refractivity contribution in [3.8, 4) is 23.0 Å². The van der Waals surface area contributed by atoms with Crippen LogP contribution in [0, 0.1) is 0 Å². The molecule has 0 unspecified atom stereocenters. The van der Waals surface area contributed by atoms with E-state index in [-0.39, 0.29) is 13.1 Å². The monoisotopic (exact) mass is 600 g/mol. The second-order valence-corrected chi connectivity index (χ2v) is 10.6. The Morgan fingerprint density at radius 2 is 0.842 bits per heavy atom. The summed E-state index contributed by atoms with van der Waals surface area (Å²) in [7, 11) is 9.53. The Morgan fingerprint density at radius 3 is 1.21 bits per heavy atom. The number of hydrogen-bond donors (Lipinski definition) is 0. The molecular weight excluding hydrogens is 579 g/mol. The van der Waals surface area contributed by atoms with Crippen LogP contribution < -0.4 is 9.47 Å². The molecule has 0 bridgehead atoms. The average molecular weight is 601 g/mol. The first-order valence-electron chi connectivity index (χ1n) is 11.4. The summed E-state index contributed by atoms with van der Waals surface area (Å²) in [6, 6.07) is 39.0. The molecule has 192 valence electrons. The first kappa shape index (κ1) is 27.6. The molecule has 4 nitrogen and oxygen atoms in total. The Bertz CT molecular complexity index is 1330. The summed E-state index contributed by atoms with van der Waals surface area (Å²) in [6.45, 7) is 0. The fourth-order valence-corrected chi connectivity index (χ4v) is 3.99. The number of halogens is 2. The molecule has 5 rings (SSSR count). The molecule has 0 saturated carbocycles. The predicted octanol–water partition coefficient (Wildman–Crippen LogP) is 10.2. The van der Waals surface area contributed by atoms with Gasteiger partial charge in [0.2, 0.25) is 0 Å². The molecule has 8 heteroatoms. The van der Waals surface area contributed by atoms with Crippen LogP contribution in [0.3, 0.4) is 0 Å². The van der Waals surface area contributed by atoms with Crippen molar-refractivity contribution in [3.63, 3.8) is 0 Å². The molecule has 0 amide bonds. The summed E-state index contributed by atoms with van der Waals surface area (Å²) in [4.78, 5) is 11.3. The van der Waals surface area contributed by atoms with Gasteiger partial charge in [-0.05, 0) is 84.9 Å². The van der Waals surface area contributed by atoms with Gasteiger partial charge in [0.05, 0.1) is 11.4 Å². The third kappa shape index (κ3) is 9.18. The van der Waals surface area contributed by atoms with E-state index in [9.17, 15) is 0 Å². The Hall–Kier alpha value is -3.38. The quantitative estimate of drug-likeness (QED) is 0.131. The summed E-state index contributed by atoms with van der Waals surface area (Å²) >= 11 is 1.83. The zero-order valence-electron chi connectivity index (χ0n) is 19.9. The summed E-state index contributed by atoms with van der Waals surface area (Å²) in [5, 5.41) is 0. The van der Waals surface area contributed by atoms with E-state index in [1.807, 2.05) is 134 Å². The van der Waals surface area contributed by atoms with Crippen molar-refractivity contribution in [2.75, 3.05) is 0 Å². The van der Waals surface area contributed by atoms with Crippen molar-refractivity contribution in [3.05, 3.63) is 131 Å². The fourth-order valence-electron chi connectivity index (χ4n) is 3.23. The van der Waals surface area contributed by atoms with Crippen molar-refractivity contribution in [1.29, 1.82) is 0 Å². The van der Waals surface area contributed by atoms with Crippen molar-refractivity contribution >= 4 is 55.3 Å². The standard InChI is InChI=1S/C30H22N2O2S.2ClH.Fe/c1-3-7-25(8-4-1)33-27-15-11-23(12-16-27)31-21-29-19-20-30(35-29)22-32-24-13-17-28(18-14-24)34-26-9-5-2-6-10-26;;;/h1-22H;2*1H;/q;;;+2/p-2. The van der Waals surface area contributed by atoms with Crippen LogP contribution in [0.4, 0.5) is 11.4 Å². The van der Waals surface area contributed by atoms with Gasteiger partial charge in [-0.3, -0.25) is 9.98 Å². The van der Waals surface area contributed by atoms with E-state index >= 15 is 0 Å². The Balaban J connectivity index is 0.00000107. The molecule has 4 aromatic carbocycles. The van der Waals surface area contributed by atoms with E-state index in [1.54, 1.807) is 11.3 Å². The van der Waals surface area contributed by atoms with Crippen molar-refractivity contribution in [2.24, 2.45) is 9.98 Å². The molecule has 0 aliphatic rings. The van der Waals surface area contributed by atoms with Gasteiger partial charge in [0.25, 0.3) is 0 Å². The van der Waals surface area contributed by atoms with Crippen LogP contribution in [-0.4, -0.2) is 12.4 Å². The molecule has 38 heavy (non-hydrogen) atoms. The molecule has 0 aliphatic carbocycles. The Kier molecular flexibility index (Phi) is 11.0. The minimum atomic E-state index is 0.194. The van der Waals surface area contributed by atoms with Gasteiger partial charge >= 0.3 is 33.3 Å². The summed E-state index contributed by atoms with van der Waals surface area (Å²) in [5.41, 5.74) is 1.73. The van der Waals surface area contributed by atoms with Gasteiger partial charge in [0.15, 0.2) is 0 Å². The Morgan fingerprint density at radius 1 is 0.500 bits per heavy atom. The number of para-hydroxylation sites is 2.